The zero-order chi connectivity index (χ0) is 15.4. The maximum absolute atomic E-state index is 11.8. The third kappa shape index (κ3) is 4.06. The minimum Gasteiger partial charge on any atom is -0.496 e. The van der Waals surface area contributed by atoms with Crippen molar-refractivity contribution >= 4 is 16.9 Å². The van der Waals surface area contributed by atoms with Crippen LogP contribution in [0.2, 0.25) is 0 Å². The van der Waals surface area contributed by atoms with Crippen molar-refractivity contribution in [2.24, 2.45) is 17.8 Å². The van der Waals surface area contributed by atoms with Crippen LogP contribution in [0.1, 0.15) is 46.0 Å². The Bertz CT molecular complexity index is 422. The number of hydrogen-bond donors (Lipinski definition) is 2. The molecule has 0 radical (unpaired) electrons. The van der Waals surface area contributed by atoms with Crippen LogP contribution in [-0.4, -0.2) is 23.4 Å². The fourth-order valence-corrected chi connectivity index (χ4v) is 6.34. The van der Waals surface area contributed by atoms with Crippen molar-refractivity contribution in [3.63, 3.8) is 0 Å². The first-order valence-electron chi connectivity index (χ1n) is 7.97. The van der Waals surface area contributed by atoms with Gasteiger partial charge in [0, 0.05) is 5.25 Å². The second-order valence-corrected chi connectivity index (χ2v) is 8.67. The van der Waals surface area contributed by atoms with E-state index in [9.17, 15) is 9.90 Å². The zero-order valence-corrected chi connectivity index (χ0v) is 14.2. The summed E-state index contributed by atoms with van der Waals surface area (Å²) in [4.78, 5) is 11.8. The lowest BCUT2D eigenvalue weighted by atomic mass is 9.87. The highest BCUT2D eigenvalue weighted by atomic mass is 32.2. The molecule has 3 nitrogen and oxygen atoms in total. The summed E-state index contributed by atoms with van der Waals surface area (Å²) in [5.41, 5.74) is 0. The largest absolute Gasteiger partial charge is 0.496 e. The summed E-state index contributed by atoms with van der Waals surface area (Å²) in [7, 11) is 1.16. The predicted octanol–water partition coefficient (Wildman–Crippen LogP) is 4.31. The lowest BCUT2D eigenvalue weighted by Crippen LogP contribution is -2.33. The van der Waals surface area contributed by atoms with E-state index >= 15 is 0 Å². The molecule has 0 aromatic carbocycles. The molecule has 1 saturated carbocycles. The van der Waals surface area contributed by atoms with E-state index in [0.717, 1.165) is 12.2 Å². The number of methoxy groups -OCH3 is 1. The molecule has 0 saturated heterocycles. The quantitative estimate of drug-likeness (QED) is 0.689. The summed E-state index contributed by atoms with van der Waals surface area (Å²) in [6.45, 7) is 4.08. The molecule has 0 aromatic heterocycles. The van der Waals surface area contributed by atoms with Crippen LogP contribution in [0, 0.1) is 17.8 Å². The maximum Gasteiger partial charge on any atom is 0.307 e. The molecule has 0 aromatic rings. The number of carboxylic acid groups (broad SMARTS) is 1. The fraction of sp³-hybridized carbons (Fsp3) is 0.706. The molecule has 3 unspecified atom stereocenters. The second kappa shape index (κ2) is 7.39. The van der Waals surface area contributed by atoms with E-state index in [-0.39, 0.29) is 17.1 Å². The highest BCUT2D eigenvalue weighted by Crippen LogP contribution is 2.49. The lowest BCUT2D eigenvalue weighted by molar-refractivity contribution is -0.143. The molecule has 1 fully saturated rings. The average molecular weight is 312 g/mol. The van der Waals surface area contributed by atoms with E-state index < -0.39 is 16.9 Å². The Labute approximate surface area is 130 Å². The van der Waals surface area contributed by atoms with Crippen molar-refractivity contribution < 1.29 is 14.6 Å². The Kier molecular flexibility index (Phi) is 5.80. The van der Waals surface area contributed by atoms with Crippen molar-refractivity contribution in [3.8, 4) is 0 Å². The topological polar surface area (TPSA) is 46.5 Å². The Hall–Kier alpha value is -0.900. The van der Waals surface area contributed by atoms with Gasteiger partial charge in [-0.3, -0.25) is 4.79 Å². The molecule has 0 spiro atoms. The third-order valence-corrected chi connectivity index (χ3v) is 7.12. The predicted molar refractivity (Wildman–Crippen MR) is 89.5 cm³/mol. The average Bonchev–Trinajstić information content (AvgIpc) is 3.07. The number of thiol groups is 1. The molecule has 1 aliphatic heterocycles. The number of aliphatic carboxylic acids is 1. The summed E-state index contributed by atoms with van der Waals surface area (Å²) in [5, 5.41) is 14.3. The van der Waals surface area contributed by atoms with Crippen LogP contribution in [-0.2, 0) is 9.53 Å². The fourth-order valence-electron chi connectivity index (χ4n) is 3.65. The van der Waals surface area contributed by atoms with E-state index in [1.807, 2.05) is 19.9 Å². The van der Waals surface area contributed by atoms with Crippen LogP contribution in [0.5, 0.6) is 0 Å². The smallest absolute Gasteiger partial charge is 0.307 e. The van der Waals surface area contributed by atoms with Gasteiger partial charge in [-0.25, -0.2) is 10.9 Å². The number of carbonyl (C=O) groups is 1. The van der Waals surface area contributed by atoms with Crippen LogP contribution in [0.15, 0.2) is 22.7 Å². The molecule has 0 amide bonds. The molecular formula is C17H28O3S. The monoisotopic (exact) mass is 312 g/mol. The first-order valence-corrected chi connectivity index (χ1v) is 9.52. The minimum absolute atomic E-state index is 0.171. The van der Waals surface area contributed by atoms with Crippen molar-refractivity contribution in [2.75, 3.05) is 7.11 Å². The number of hydrogen-bond acceptors (Lipinski definition) is 2. The van der Waals surface area contributed by atoms with Crippen molar-refractivity contribution in [2.45, 2.75) is 51.2 Å². The van der Waals surface area contributed by atoms with Gasteiger partial charge >= 0.3 is 5.97 Å². The van der Waals surface area contributed by atoms with Gasteiger partial charge in [-0.2, -0.15) is 0 Å². The van der Waals surface area contributed by atoms with E-state index in [4.69, 9.17) is 4.74 Å². The van der Waals surface area contributed by atoms with Gasteiger partial charge in [0.25, 0.3) is 0 Å². The van der Waals surface area contributed by atoms with Crippen LogP contribution >= 0.6 is 10.9 Å². The highest BCUT2D eigenvalue weighted by molar-refractivity contribution is 8.22. The van der Waals surface area contributed by atoms with Crippen molar-refractivity contribution in [1.82, 2.24) is 0 Å². The summed E-state index contributed by atoms with van der Waals surface area (Å²) in [5.74, 6) is 0.888. The Morgan fingerprint density at radius 3 is 2.57 bits per heavy atom. The van der Waals surface area contributed by atoms with Crippen molar-refractivity contribution in [1.29, 1.82) is 0 Å². The first-order chi connectivity index (χ1) is 10.0. The summed E-state index contributed by atoms with van der Waals surface area (Å²) >= 11 is 0. The number of ether oxygens (including phenoxy) is 1. The van der Waals surface area contributed by atoms with E-state index in [1.165, 1.54) is 25.7 Å². The molecule has 2 rings (SSSR count). The molecule has 3 atom stereocenters. The number of carboxylic acids is 1. The van der Waals surface area contributed by atoms with Crippen LogP contribution in [0.4, 0.5) is 0 Å². The van der Waals surface area contributed by atoms with Crippen LogP contribution in [0.25, 0.3) is 0 Å². The molecule has 1 aliphatic carbocycles. The summed E-state index contributed by atoms with van der Waals surface area (Å²) < 4.78 is 5.31. The third-order valence-electron chi connectivity index (χ3n) is 4.77. The summed E-state index contributed by atoms with van der Waals surface area (Å²) in [6.07, 6.45) is 8.22. The Balaban J connectivity index is 2.18. The SMILES string of the molecule is COC1=C[SH](C(CC2CCCC2)C(C(=O)O)C(C)C)C=C1. The zero-order valence-electron chi connectivity index (χ0n) is 13.3. The lowest BCUT2D eigenvalue weighted by Gasteiger charge is -2.34. The minimum atomic E-state index is -0.636. The second-order valence-electron chi connectivity index (χ2n) is 6.56. The van der Waals surface area contributed by atoms with Gasteiger partial charge in [0.15, 0.2) is 0 Å². The highest BCUT2D eigenvalue weighted by Gasteiger charge is 2.36. The van der Waals surface area contributed by atoms with Crippen LogP contribution < -0.4 is 0 Å². The molecule has 1 N–H and O–H groups in total. The molecule has 1 heterocycles. The van der Waals surface area contributed by atoms with Gasteiger partial charge < -0.3 is 9.84 Å². The summed E-state index contributed by atoms with van der Waals surface area (Å²) in [6, 6.07) is 0. The van der Waals surface area contributed by atoms with E-state index in [0.29, 0.717) is 5.92 Å². The van der Waals surface area contributed by atoms with Gasteiger partial charge in [-0.15, -0.1) is 0 Å². The molecular weight excluding hydrogens is 284 g/mol. The standard InChI is InChI=1S/C17H28O3S/c1-12(2)16(17(18)19)15(10-13-6-4-5-7-13)21-9-8-14(11-21)20-3/h8-9,11-13,15-16,21H,4-7,10H2,1-3H3,(H,18,19). The first kappa shape index (κ1) is 16.5. The van der Waals surface area contributed by atoms with Crippen molar-refractivity contribution in [3.05, 3.63) is 22.7 Å². The molecule has 120 valence electrons. The normalized spacial score (nSPS) is 26.9. The molecule has 21 heavy (non-hydrogen) atoms. The van der Waals surface area contributed by atoms with E-state index in [2.05, 4.69) is 10.8 Å². The van der Waals surface area contributed by atoms with Gasteiger partial charge in [0.05, 0.1) is 13.0 Å². The maximum atomic E-state index is 11.8. The van der Waals surface area contributed by atoms with Crippen LogP contribution in [0.3, 0.4) is 0 Å². The molecule has 4 heteroatoms. The Morgan fingerprint density at radius 1 is 1.43 bits per heavy atom. The molecule has 0 bridgehead atoms. The Morgan fingerprint density at radius 2 is 2.10 bits per heavy atom. The number of allylic oxidation sites excluding steroid dienone is 1. The molecule has 2 aliphatic rings. The van der Waals surface area contributed by atoms with Gasteiger partial charge in [-0.05, 0) is 35.1 Å². The van der Waals surface area contributed by atoms with E-state index in [1.54, 1.807) is 7.11 Å². The number of rotatable bonds is 7. The van der Waals surface area contributed by atoms with Gasteiger partial charge in [0.1, 0.15) is 5.76 Å². The van der Waals surface area contributed by atoms with Gasteiger partial charge in [0.2, 0.25) is 0 Å². The van der Waals surface area contributed by atoms with Gasteiger partial charge in [-0.1, -0.05) is 39.5 Å².